The lowest BCUT2D eigenvalue weighted by Gasteiger charge is -2.29. The first-order chi connectivity index (χ1) is 13.6. The number of hydrogen-bond acceptors (Lipinski definition) is 5. The number of halogens is 1. The van der Waals surface area contributed by atoms with Crippen molar-refractivity contribution in [2.45, 2.75) is 18.5 Å². The summed E-state index contributed by atoms with van der Waals surface area (Å²) in [5, 5.41) is 4.33. The van der Waals surface area contributed by atoms with Crippen molar-refractivity contribution in [3.8, 4) is 5.75 Å². The van der Waals surface area contributed by atoms with Crippen LogP contribution in [0.2, 0.25) is 0 Å². The summed E-state index contributed by atoms with van der Waals surface area (Å²) in [5.41, 5.74) is 1.64. The number of carbonyl (C=O) groups is 2. The molecule has 0 N–H and O–H groups in total. The van der Waals surface area contributed by atoms with Gasteiger partial charge in [0.15, 0.2) is 0 Å². The van der Waals surface area contributed by atoms with Crippen LogP contribution in [0.1, 0.15) is 18.0 Å². The lowest BCUT2D eigenvalue weighted by molar-refractivity contribution is -0.126. The Morgan fingerprint density at radius 3 is 2.39 bits per heavy atom. The van der Waals surface area contributed by atoms with Crippen molar-refractivity contribution in [1.82, 2.24) is 10.0 Å². The molecule has 3 aliphatic rings. The van der Waals surface area contributed by atoms with Crippen molar-refractivity contribution in [1.29, 1.82) is 0 Å². The number of carbonyl (C=O) groups excluding carboxylic acids is 2. The van der Waals surface area contributed by atoms with Gasteiger partial charge in [0.2, 0.25) is 5.91 Å². The number of fused-ring (bicyclic) bond motifs is 3. The number of imide groups is 1. The van der Waals surface area contributed by atoms with Crippen LogP contribution in [0.25, 0.3) is 0 Å². The van der Waals surface area contributed by atoms with Gasteiger partial charge in [0.05, 0.1) is 24.8 Å². The van der Waals surface area contributed by atoms with E-state index in [-0.39, 0.29) is 17.9 Å². The van der Waals surface area contributed by atoms with Crippen molar-refractivity contribution in [3.05, 3.63) is 58.6 Å². The minimum absolute atomic E-state index is 0.118. The molecule has 3 saturated heterocycles. The summed E-state index contributed by atoms with van der Waals surface area (Å²) in [6.45, 7) is 1.67. The van der Waals surface area contributed by atoms with Crippen molar-refractivity contribution >= 4 is 33.4 Å². The van der Waals surface area contributed by atoms with Gasteiger partial charge in [-0.05, 0) is 36.2 Å². The smallest absolute Gasteiger partial charge is 0.253 e. The molecule has 0 aromatic heterocycles. The van der Waals surface area contributed by atoms with Gasteiger partial charge in [-0.15, -0.1) is 0 Å². The topological polar surface area (TPSA) is 53.1 Å². The van der Waals surface area contributed by atoms with Crippen molar-refractivity contribution in [2.24, 2.45) is 5.92 Å². The molecule has 0 unspecified atom stereocenters. The third kappa shape index (κ3) is 2.53. The van der Waals surface area contributed by atoms with E-state index in [0.29, 0.717) is 11.4 Å². The van der Waals surface area contributed by atoms with Crippen LogP contribution < -0.4 is 9.64 Å². The Kier molecular flexibility index (Phi) is 4.26. The number of benzene rings is 2. The van der Waals surface area contributed by atoms with E-state index in [1.807, 2.05) is 30.3 Å². The van der Waals surface area contributed by atoms with E-state index in [1.54, 1.807) is 25.3 Å². The fraction of sp³-hybridized carbons (Fsp3) is 0.333. The largest absolute Gasteiger partial charge is 0.497 e. The molecule has 3 fully saturated rings. The molecular formula is C21H20BrN3O3. The minimum atomic E-state index is -0.435. The standard InChI is InChI=1S/C21H20BrN3O3/c1-28-16-5-2-4-15(12-16)25-20(26)17-18(13-6-8-14(22)9-7-13)23-10-3-11-24(23)19(17)21(25)27/h2,4-9,12,17-19H,3,10-11H2,1H3/t17-,18+,19-/m0/s1. The molecule has 3 aliphatic heterocycles. The van der Waals surface area contributed by atoms with E-state index >= 15 is 0 Å². The maximum Gasteiger partial charge on any atom is 0.253 e. The Morgan fingerprint density at radius 1 is 0.964 bits per heavy atom. The average molecular weight is 442 g/mol. The lowest BCUT2D eigenvalue weighted by Crippen LogP contribution is -2.44. The fourth-order valence-electron chi connectivity index (χ4n) is 4.78. The molecule has 3 heterocycles. The number of amides is 2. The van der Waals surface area contributed by atoms with Crippen molar-refractivity contribution < 1.29 is 14.3 Å². The number of rotatable bonds is 3. The highest BCUT2D eigenvalue weighted by atomic mass is 79.9. The summed E-state index contributed by atoms with van der Waals surface area (Å²) in [6.07, 6.45) is 0.997. The van der Waals surface area contributed by atoms with E-state index in [1.165, 1.54) is 4.90 Å². The molecule has 0 bridgehead atoms. The van der Waals surface area contributed by atoms with Gasteiger partial charge in [-0.3, -0.25) is 9.59 Å². The summed E-state index contributed by atoms with van der Waals surface area (Å²) in [7, 11) is 1.58. The van der Waals surface area contributed by atoms with Gasteiger partial charge in [-0.2, -0.15) is 0 Å². The van der Waals surface area contributed by atoms with Gasteiger partial charge in [0, 0.05) is 23.6 Å². The third-order valence-corrected chi connectivity index (χ3v) is 6.46. The van der Waals surface area contributed by atoms with Crippen molar-refractivity contribution in [2.75, 3.05) is 25.1 Å². The van der Waals surface area contributed by atoms with Gasteiger partial charge in [0.1, 0.15) is 11.8 Å². The van der Waals surface area contributed by atoms with Crippen LogP contribution in [0.5, 0.6) is 5.75 Å². The zero-order valence-corrected chi connectivity index (χ0v) is 17.0. The lowest BCUT2D eigenvalue weighted by atomic mass is 9.90. The average Bonchev–Trinajstić information content (AvgIpc) is 3.35. The molecule has 28 heavy (non-hydrogen) atoms. The molecule has 2 aromatic carbocycles. The van der Waals surface area contributed by atoms with Crippen LogP contribution in [-0.4, -0.2) is 48.1 Å². The first-order valence-corrected chi connectivity index (χ1v) is 10.2. The van der Waals surface area contributed by atoms with E-state index in [4.69, 9.17) is 4.74 Å². The summed E-state index contributed by atoms with van der Waals surface area (Å²) < 4.78 is 6.27. The normalized spacial score (nSPS) is 27.4. The third-order valence-electron chi connectivity index (χ3n) is 5.93. The van der Waals surface area contributed by atoms with Crippen LogP contribution in [0.15, 0.2) is 53.0 Å². The predicted molar refractivity (Wildman–Crippen MR) is 108 cm³/mol. The van der Waals surface area contributed by atoms with E-state index in [2.05, 4.69) is 25.9 Å². The SMILES string of the molecule is COc1cccc(N2C(=O)[C@@H]3[C@@H](C2=O)N2CCCN2[C@@H]3c2ccc(Br)cc2)c1. The van der Waals surface area contributed by atoms with Crippen LogP contribution in [0.3, 0.4) is 0 Å². The Labute approximate surface area is 171 Å². The molecule has 2 amide bonds. The monoisotopic (exact) mass is 441 g/mol. The maximum absolute atomic E-state index is 13.5. The quantitative estimate of drug-likeness (QED) is 0.685. The first kappa shape index (κ1) is 17.8. The molecule has 0 aliphatic carbocycles. The van der Waals surface area contributed by atoms with Crippen LogP contribution >= 0.6 is 15.9 Å². The van der Waals surface area contributed by atoms with Crippen LogP contribution in [0, 0.1) is 5.92 Å². The van der Waals surface area contributed by atoms with Gasteiger partial charge < -0.3 is 4.74 Å². The second-order valence-corrected chi connectivity index (χ2v) is 8.28. The summed E-state index contributed by atoms with van der Waals surface area (Å²) in [6, 6.07) is 14.7. The molecule has 0 saturated carbocycles. The molecule has 144 valence electrons. The molecule has 6 nitrogen and oxygen atoms in total. The Hall–Kier alpha value is -2.22. The Morgan fingerprint density at radius 2 is 1.68 bits per heavy atom. The van der Waals surface area contributed by atoms with Gasteiger partial charge in [0.25, 0.3) is 5.91 Å². The molecule has 7 heteroatoms. The van der Waals surface area contributed by atoms with E-state index in [9.17, 15) is 9.59 Å². The summed E-state index contributed by atoms with van der Waals surface area (Å²) in [5.74, 6) is -0.0528. The maximum atomic E-state index is 13.5. The van der Waals surface area contributed by atoms with E-state index in [0.717, 1.165) is 29.5 Å². The van der Waals surface area contributed by atoms with Crippen LogP contribution in [-0.2, 0) is 9.59 Å². The number of methoxy groups -OCH3 is 1. The summed E-state index contributed by atoms with van der Waals surface area (Å²) >= 11 is 3.48. The molecule has 0 radical (unpaired) electrons. The number of hydrogen-bond donors (Lipinski definition) is 0. The minimum Gasteiger partial charge on any atom is -0.497 e. The fourth-order valence-corrected chi connectivity index (χ4v) is 5.04. The van der Waals surface area contributed by atoms with Crippen molar-refractivity contribution in [3.63, 3.8) is 0 Å². The highest BCUT2D eigenvalue weighted by Gasteiger charge is 2.62. The highest BCUT2D eigenvalue weighted by Crippen LogP contribution is 2.49. The summed E-state index contributed by atoms with van der Waals surface area (Å²) in [4.78, 5) is 28.2. The zero-order chi connectivity index (χ0) is 19.4. The second kappa shape index (κ2) is 6.69. The molecule has 5 rings (SSSR count). The number of hydrazine groups is 1. The Balaban J connectivity index is 1.57. The highest BCUT2D eigenvalue weighted by molar-refractivity contribution is 9.10. The molecule has 3 atom stereocenters. The zero-order valence-electron chi connectivity index (χ0n) is 15.4. The van der Waals surface area contributed by atoms with Gasteiger partial charge >= 0.3 is 0 Å². The Bertz CT molecular complexity index is 948. The van der Waals surface area contributed by atoms with Crippen LogP contribution in [0.4, 0.5) is 5.69 Å². The van der Waals surface area contributed by atoms with E-state index < -0.39 is 12.0 Å². The first-order valence-electron chi connectivity index (χ1n) is 9.40. The number of anilines is 1. The van der Waals surface area contributed by atoms with Gasteiger partial charge in [-0.1, -0.05) is 34.1 Å². The van der Waals surface area contributed by atoms with Gasteiger partial charge in [-0.25, -0.2) is 14.9 Å². The number of nitrogens with zero attached hydrogens (tertiary/aromatic N) is 3. The predicted octanol–water partition coefficient (Wildman–Crippen LogP) is 2.99. The molecule has 0 spiro atoms. The second-order valence-electron chi connectivity index (χ2n) is 7.36. The molecule has 2 aromatic rings. The number of ether oxygens (including phenoxy) is 1. The molecular weight excluding hydrogens is 422 g/mol.